The number of amides is 3. The van der Waals surface area contributed by atoms with E-state index in [0.29, 0.717) is 49.7 Å². The minimum Gasteiger partial charge on any atom is -0.351 e. The Bertz CT molecular complexity index is 2430. The van der Waals surface area contributed by atoms with Crippen LogP contribution >= 0.6 is 0 Å². The molecule has 8 N–H and O–H groups in total. The number of carbonyl (C=O) groups is 3. The number of H-pyrrole nitrogens is 2. The van der Waals surface area contributed by atoms with Crippen LogP contribution in [-0.2, 0) is 17.9 Å². The fraction of sp³-hybridized carbons (Fsp3) is 0.432. The molecule has 2 fully saturated rings. The van der Waals surface area contributed by atoms with Gasteiger partial charge in [-0.15, -0.1) is 5.10 Å². The zero-order valence-electron chi connectivity index (χ0n) is 35.2. The van der Waals surface area contributed by atoms with Crippen molar-refractivity contribution in [1.29, 1.82) is 0 Å². The molecule has 0 spiro atoms. The van der Waals surface area contributed by atoms with Crippen molar-refractivity contribution in [3.05, 3.63) is 83.7 Å². The molecule has 2 aliphatic heterocycles. The van der Waals surface area contributed by atoms with Crippen molar-refractivity contribution in [1.82, 2.24) is 70.9 Å². The molecule has 6 aromatic rings. The summed E-state index contributed by atoms with van der Waals surface area (Å²) in [7, 11) is 0. The van der Waals surface area contributed by atoms with E-state index in [-0.39, 0.29) is 24.3 Å². The van der Waals surface area contributed by atoms with E-state index in [0.717, 1.165) is 110 Å². The fourth-order valence-electron chi connectivity index (χ4n) is 7.97. The molecule has 0 atom stereocenters. The van der Waals surface area contributed by atoms with E-state index in [1.54, 1.807) is 0 Å². The summed E-state index contributed by atoms with van der Waals surface area (Å²) >= 11 is 0. The second-order valence-electron chi connectivity index (χ2n) is 16.0. The summed E-state index contributed by atoms with van der Waals surface area (Å²) in [5.41, 5.74) is 12.3. The van der Waals surface area contributed by atoms with E-state index in [2.05, 4.69) is 56.2 Å². The molecule has 18 nitrogen and oxygen atoms in total. The number of hydrogen-bond donors (Lipinski definition) is 7. The first kappa shape index (κ1) is 42.6. The van der Waals surface area contributed by atoms with Crippen molar-refractivity contribution < 1.29 is 14.4 Å². The van der Waals surface area contributed by atoms with Crippen LogP contribution in [0.2, 0.25) is 0 Å². The Balaban J connectivity index is 0.762. The Labute approximate surface area is 360 Å². The van der Waals surface area contributed by atoms with Gasteiger partial charge in [-0.25, -0.2) is 9.97 Å². The molecule has 0 aliphatic carbocycles. The van der Waals surface area contributed by atoms with Crippen molar-refractivity contribution in [2.45, 2.75) is 32.4 Å². The summed E-state index contributed by atoms with van der Waals surface area (Å²) in [5.74, 6) is 1.14. The van der Waals surface area contributed by atoms with E-state index in [9.17, 15) is 14.4 Å². The molecule has 5 heterocycles. The smallest absolute Gasteiger partial charge is 0.251 e. The molecule has 3 amide bonds. The third kappa shape index (κ3) is 11.3. The number of aromatic nitrogens is 7. The standard InChI is InChI=1S/C44H57N15O3/c45-12-13-46-29-40(60)49-28-35-30-59(55-54-35)25-24-58-22-20-57(21-23-58)19-15-48-44(62)34-9-11-37-39(27-34)53-42(51-37)32-6-4-31(5-7-32)41-50-36-10-8-33(26-38(36)52-41)43(61)47-14-18-56-16-2-1-3-17-56/h4-11,26-27,30,46H,1-3,12-25,28-29,45H2,(H,47,61)(H,48,62)(H,49,60)(H,50,52)(H,51,53). The van der Waals surface area contributed by atoms with E-state index in [1.165, 1.54) is 19.3 Å². The highest BCUT2D eigenvalue weighted by atomic mass is 16.2. The Morgan fingerprint density at radius 1 is 0.629 bits per heavy atom. The zero-order valence-corrected chi connectivity index (χ0v) is 35.2. The lowest BCUT2D eigenvalue weighted by Crippen LogP contribution is -2.49. The number of likely N-dealkylation sites (tertiary alicyclic amines) is 1. The van der Waals surface area contributed by atoms with Crippen LogP contribution in [0.15, 0.2) is 66.9 Å². The van der Waals surface area contributed by atoms with Crippen LogP contribution in [0.1, 0.15) is 45.7 Å². The molecule has 3 aromatic heterocycles. The number of fused-ring (bicyclic) bond motifs is 2. The lowest BCUT2D eigenvalue weighted by Gasteiger charge is -2.34. The zero-order chi connectivity index (χ0) is 42.7. The predicted octanol–water partition coefficient (Wildman–Crippen LogP) is 1.79. The normalized spacial score (nSPS) is 15.3. The van der Waals surface area contributed by atoms with Gasteiger partial charge in [-0.2, -0.15) is 0 Å². The maximum absolute atomic E-state index is 13.2. The van der Waals surface area contributed by atoms with Gasteiger partial charge in [-0.1, -0.05) is 35.9 Å². The van der Waals surface area contributed by atoms with E-state index in [1.807, 2.05) is 71.5 Å². The van der Waals surface area contributed by atoms with Crippen molar-refractivity contribution in [3.8, 4) is 22.8 Å². The van der Waals surface area contributed by atoms with Gasteiger partial charge in [0, 0.05) is 94.2 Å². The first-order valence-corrected chi connectivity index (χ1v) is 21.8. The number of aromatic amines is 2. The second kappa shape index (κ2) is 20.7. The number of nitrogens with zero attached hydrogens (tertiary/aromatic N) is 8. The molecule has 0 bridgehead atoms. The third-order valence-corrected chi connectivity index (χ3v) is 11.6. The van der Waals surface area contributed by atoms with E-state index < -0.39 is 0 Å². The fourth-order valence-corrected chi connectivity index (χ4v) is 7.97. The van der Waals surface area contributed by atoms with Gasteiger partial charge in [-0.3, -0.25) is 28.9 Å². The maximum Gasteiger partial charge on any atom is 0.251 e. The highest BCUT2D eigenvalue weighted by Gasteiger charge is 2.18. The molecule has 18 heteroatoms. The molecule has 8 rings (SSSR count). The molecule has 3 aromatic carbocycles. The molecular formula is C44H57N15O3. The lowest BCUT2D eigenvalue weighted by molar-refractivity contribution is -0.120. The van der Waals surface area contributed by atoms with Crippen LogP contribution < -0.4 is 27.0 Å². The van der Waals surface area contributed by atoms with Crippen LogP contribution in [-0.4, -0.2) is 159 Å². The summed E-state index contributed by atoms with van der Waals surface area (Å²) in [4.78, 5) is 61.5. The number of carbonyl (C=O) groups excluding carboxylic acids is 3. The van der Waals surface area contributed by atoms with Gasteiger partial charge >= 0.3 is 0 Å². The van der Waals surface area contributed by atoms with Gasteiger partial charge in [0.2, 0.25) is 5.91 Å². The SMILES string of the molecule is NCCNCC(=O)NCc1cn(CCN2CCN(CCNC(=O)c3ccc4nc(-c5ccc(-c6nc7ccc(C(=O)NCCN8CCCCC8)cc7[nH]6)cc5)[nH]c4c3)CC2)nn1. The summed E-state index contributed by atoms with van der Waals surface area (Å²) < 4.78 is 1.82. The summed E-state index contributed by atoms with van der Waals surface area (Å²) in [5, 5.41) is 20.3. The number of hydrogen-bond acceptors (Lipinski definition) is 12. The topological polar surface area (TPSA) is 223 Å². The molecule has 2 aliphatic rings. The van der Waals surface area contributed by atoms with Crippen LogP contribution in [0.4, 0.5) is 0 Å². The molecular weight excluding hydrogens is 787 g/mol. The molecule has 2 saturated heterocycles. The van der Waals surface area contributed by atoms with Gasteiger partial charge in [0.1, 0.15) is 17.3 Å². The van der Waals surface area contributed by atoms with Gasteiger partial charge < -0.3 is 41.9 Å². The summed E-state index contributed by atoms with van der Waals surface area (Å²) in [6.07, 6.45) is 5.64. The number of nitrogens with two attached hydrogens (primary N) is 1. The summed E-state index contributed by atoms with van der Waals surface area (Å²) in [6.45, 7) is 12.0. The van der Waals surface area contributed by atoms with Crippen molar-refractivity contribution in [3.63, 3.8) is 0 Å². The molecule has 0 radical (unpaired) electrons. The first-order valence-electron chi connectivity index (χ1n) is 21.8. The van der Waals surface area contributed by atoms with Gasteiger partial charge in [-0.05, 0) is 62.3 Å². The molecule has 0 saturated carbocycles. The number of piperidine rings is 1. The van der Waals surface area contributed by atoms with Crippen LogP contribution in [0, 0.1) is 0 Å². The average molecular weight is 844 g/mol. The van der Waals surface area contributed by atoms with E-state index >= 15 is 0 Å². The van der Waals surface area contributed by atoms with Crippen LogP contribution in [0.25, 0.3) is 44.8 Å². The number of rotatable bonds is 19. The minimum absolute atomic E-state index is 0.0769. The quantitative estimate of drug-likeness (QED) is 0.0581. The first-order chi connectivity index (χ1) is 30.4. The van der Waals surface area contributed by atoms with Crippen LogP contribution in [0.3, 0.4) is 0 Å². The third-order valence-electron chi connectivity index (χ3n) is 11.6. The van der Waals surface area contributed by atoms with Gasteiger partial charge in [0.25, 0.3) is 11.8 Å². The number of imidazole rings is 2. The van der Waals surface area contributed by atoms with Crippen molar-refractivity contribution in [2.75, 3.05) is 91.6 Å². The lowest BCUT2D eigenvalue weighted by atomic mass is 10.1. The second-order valence-corrected chi connectivity index (χ2v) is 16.0. The number of nitrogens with one attached hydrogen (secondary N) is 6. The monoisotopic (exact) mass is 843 g/mol. The Kier molecular flexibility index (Phi) is 14.2. The Hall–Kier alpha value is -6.05. The highest BCUT2D eigenvalue weighted by Crippen LogP contribution is 2.26. The Morgan fingerprint density at radius 2 is 1.18 bits per heavy atom. The van der Waals surface area contributed by atoms with Crippen molar-refractivity contribution in [2.24, 2.45) is 5.73 Å². The van der Waals surface area contributed by atoms with Gasteiger partial charge in [0.15, 0.2) is 0 Å². The highest BCUT2D eigenvalue weighted by molar-refractivity contribution is 5.98. The van der Waals surface area contributed by atoms with Crippen molar-refractivity contribution >= 4 is 39.8 Å². The minimum atomic E-state index is -0.118. The number of benzene rings is 3. The van der Waals surface area contributed by atoms with E-state index in [4.69, 9.17) is 15.7 Å². The average Bonchev–Trinajstić information content (AvgIpc) is 4.07. The molecule has 62 heavy (non-hydrogen) atoms. The number of piperazine rings is 1. The molecule has 0 unspecified atom stereocenters. The largest absolute Gasteiger partial charge is 0.351 e. The Morgan fingerprint density at radius 3 is 1.74 bits per heavy atom. The summed E-state index contributed by atoms with van der Waals surface area (Å²) in [6, 6.07) is 19.1. The van der Waals surface area contributed by atoms with Gasteiger partial charge in [0.05, 0.1) is 47.9 Å². The molecule has 326 valence electrons. The van der Waals surface area contributed by atoms with Crippen LogP contribution in [0.5, 0.6) is 0 Å². The maximum atomic E-state index is 13.2. The predicted molar refractivity (Wildman–Crippen MR) is 238 cm³/mol.